The summed E-state index contributed by atoms with van der Waals surface area (Å²) in [6.45, 7) is 2.92. The van der Waals surface area contributed by atoms with E-state index in [4.69, 9.17) is 10.5 Å². The molecule has 1 aliphatic carbocycles. The summed E-state index contributed by atoms with van der Waals surface area (Å²) in [7, 11) is 1.83. The number of hydrogen-bond acceptors (Lipinski definition) is 3. The highest BCUT2D eigenvalue weighted by Gasteiger charge is 2.42. The lowest BCUT2D eigenvalue weighted by Gasteiger charge is -2.45. The topological polar surface area (TPSA) is 38.5 Å². The molecule has 2 N–H and O–H groups in total. The van der Waals surface area contributed by atoms with Crippen molar-refractivity contribution in [2.24, 2.45) is 5.73 Å². The SMILES string of the molecule is COC1CCCN(C2(CN)Cc3ccccc3C2)C1. The van der Waals surface area contributed by atoms with Gasteiger partial charge in [0.05, 0.1) is 6.10 Å². The summed E-state index contributed by atoms with van der Waals surface area (Å²) in [4.78, 5) is 2.59. The predicted octanol–water partition coefficient (Wildman–Crippen LogP) is 1.59. The van der Waals surface area contributed by atoms with E-state index in [2.05, 4.69) is 29.2 Å². The Hall–Kier alpha value is -0.900. The summed E-state index contributed by atoms with van der Waals surface area (Å²) < 4.78 is 5.57. The van der Waals surface area contributed by atoms with Gasteiger partial charge in [0.25, 0.3) is 0 Å². The number of nitrogens with zero attached hydrogens (tertiary/aromatic N) is 1. The number of ether oxygens (including phenoxy) is 1. The summed E-state index contributed by atoms with van der Waals surface area (Å²) >= 11 is 0. The number of rotatable bonds is 3. The number of benzene rings is 1. The molecule has 19 heavy (non-hydrogen) atoms. The molecular formula is C16H24N2O. The van der Waals surface area contributed by atoms with Crippen molar-refractivity contribution in [3.63, 3.8) is 0 Å². The molecule has 1 unspecified atom stereocenters. The Labute approximate surface area is 115 Å². The van der Waals surface area contributed by atoms with Crippen LogP contribution in [0.3, 0.4) is 0 Å². The number of methoxy groups -OCH3 is 1. The molecule has 3 heteroatoms. The van der Waals surface area contributed by atoms with E-state index in [0.29, 0.717) is 6.10 Å². The summed E-state index contributed by atoms with van der Waals surface area (Å²) in [5.41, 5.74) is 9.27. The molecule has 2 aliphatic rings. The van der Waals surface area contributed by atoms with Crippen molar-refractivity contribution >= 4 is 0 Å². The van der Waals surface area contributed by atoms with E-state index in [1.165, 1.54) is 24.0 Å². The Kier molecular flexibility index (Phi) is 3.61. The zero-order valence-corrected chi connectivity index (χ0v) is 11.8. The van der Waals surface area contributed by atoms with Crippen molar-refractivity contribution in [1.29, 1.82) is 0 Å². The van der Waals surface area contributed by atoms with Gasteiger partial charge in [0, 0.05) is 25.7 Å². The minimum absolute atomic E-state index is 0.126. The van der Waals surface area contributed by atoms with E-state index in [-0.39, 0.29) is 5.54 Å². The molecule has 0 radical (unpaired) electrons. The van der Waals surface area contributed by atoms with Gasteiger partial charge in [-0.25, -0.2) is 0 Å². The zero-order valence-electron chi connectivity index (χ0n) is 11.8. The van der Waals surface area contributed by atoms with Gasteiger partial charge in [-0.2, -0.15) is 0 Å². The second-order valence-corrected chi connectivity index (χ2v) is 6.00. The molecule has 0 spiro atoms. The number of piperidine rings is 1. The summed E-state index contributed by atoms with van der Waals surface area (Å²) in [6.07, 6.45) is 4.96. The van der Waals surface area contributed by atoms with Crippen molar-refractivity contribution in [3.05, 3.63) is 35.4 Å². The van der Waals surface area contributed by atoms with Gasteiger partial charge in [0.15, 0.2) is 0 Å². The maximum Gasteiger partial charge on any atom is 0.0698 e. The van der Waals surface area contributed by atoms with Crippen LogP contribution in [0.4, 0.5) is 0 Å². The number of nitrogens with two attached hydrogens (primary N) is 1. The first kappa shape index (κ1) is 13.1. The van der Waals surface area contributed by atoms with E-state index >= 15 is 0 Å². The highest BCUT2D eigenvalue weighted by atomic mass is 16.5. The van der Waals surface area contributed by atoms with Crippen molar-refractivity contribution in [1.82, 2.24) is 4.90 Å². The van der Waals surface area contributed by atoms with Crippen molar-refractivity contribution < 1.29 is 4.74 Å². The fraction of sp³-hybridized carbons (Fsp3) is 0.625. The number of hydrogen-bond donors (Lipinski definition) is 1. The highest BCUT2D eigenvalue weighted by molar-refractivity contribution is 5.36. The second-order valence-electron chi connectivity index (χ2n) is 6.00. The van der Waals surface area contributed by atoms with Crippen LogP contribution < -0.4 is 5.73 Å². The molecular weight excluding hydrogens is 236 g/mol. The Balaban J connectivity index is 1.82. The van der Waals surface area contributed by atoms with Crippen LogP contribution in [0.15, 0.2) is 24.3 Å². The lowest BCUT2D eigenvalue weighted by atomic mass is 9.90. The zero-order chi connectivity index (χ0) is 13.3. The molecule has 0 amide bonds. The Morgan fingerprint density at radius 2 is 2.00 bits per heavy atom. The molecule has 1 fully saturated rings. The van der Waals surface area contributed by atoms with Crippen LogP contribution in [0.5, 0.6) is 0 Å². The third kappa shape index (κ3) is 2.31. The average molecular weight is 260 g/mol. The summed E-state index contributed by atoms with van der Waals surface area (Å²) in [5.74, 6) is 0. The molecule has 1 saturated heterocycles. The van der Waals surface area contributed by atoms with Gasteiger partial charge in [0.1, 0.15) is 0 Å². The summed E-state index contributed by atoms with van der Waals surface area (Å²) in [6, 6.07) is 8.79. The molecule has 1 atom stereocenters. The lowest BCUT2D eigenvalue weighted by Crippen LogP contribution is -2.58. The fourth-order valence-electron chi connectivity index (χ4n) is 3.73. The molecule has 3 nitrogen and oxygen atoms in total. The molecule has 0 aromatic heterocycles. The lowest BCUT2D eigenvalue weighted by molar-refractivity contribution is -0.0141. The Bertz CT molecular complexity index is 421. The Morgan fingerprint density at radius 1 is 1.32 bits per heavy atom. The van der Waals surface area contributed by atoms with E-state index in [1.807, 2.05) is 7.11 Å². The van der Waals surface area contributed by atoms with Gasteiger partial charge in [0.2, 0.25) is 0 Å². The average Bonchev–Trinajstić information content (AvgIpc) is 2.87. The van der Waals surface area contributed by atoms with Crippen molar-refractivity contribution in [3.8, 4) is 0 Å². The van der Waals surface area contributed by atoms with E-state index in [1.54, 1.807) is 0 Å². The maximum atomic E-state index is 6.18. The standard InChI is InChI=1S/C16H24N2O/c1-19-15-7-4-8-18(11-15)16(12-17)9-13-5-2-3-6-14(13)10-16/h2-3,5-6,15H,4,7-12,17H2,1H3. The van der Waals surface area contributed by atoms with Crippen LogP contribution >= 0.6 is 0 Å². The normalized spacial score (nSPS) is 26.3. The molecule has 1 aromatic rings. The highest BCUT2D eigenvalue weighted by Crippen LogP contribution is 2.35. The number of likely N-dealkylation sites (tertiary alicyclic amines) is 1. The van der Waals surface area contributed by atoms with Crippen LogP contribution in [0.2, 0.25) is 0 Å². The Morgan fingerprint density at radius 3 is 2.58 bits per heavy atom. The largest absolute Gasteiger partial charge is 0.380 e. The van der Waals surface area contributed by atoms with E-state index in [9.17, 15) is 0 Å². The second kappa shape index (κ2) is 5.23. The molecule has 0 saturated carbocycles. The number of fused-ring (bicyclic) bond motifs is 1. The van der Waals surface area contributed by atoms with Crippen LogP contribution in [-0.2, 0) is 17.6 Å². The van der Waals surface area contributed by atoms with Gasteiger partial charge in [-0.1, -0.05) is 24.3 Å². The maximum absolute atomic E-state index is 6.18. The van der Waals surface area contributed by atoms with Gasteiger partial charge in [-0.05, 0) is 43.4 Å². The van der Waals surface area contributed by atoms with Crippen LogP contribution in [0.25, 0.3) is 0 Å². The third-order valence-electron chi connectivity index (χ3n) is 4.92. The monoisotopic (exact) mass is 260 g/mol. The quantitative estimate of drug-likeness (QED) is 0.897. The third-order valence-corrected chi connectivity index (χ3v) is 4.92. The molecule has 1 aromatic carbocycles. The first-order valence-electron chi connectivity index (χ1n) is 7.32. The van der Waals surface area contributed by atoms with Gasteiger partial charge < -0.3 is 10.5 Å². The van der Waals surface area contributed by atoms with Crippen molar-refractivity contribution in [2.45, 2.75) is 37.3 Å². The molecule has 1 aliphatic heterocycles. The first-order valence-corrected chi connectivity index (χ1v) is 7.32. The van der Waals surface area contributed by atoms with E-state index < -0.39 is 0 Å². The molecule has 3 rings (SSSR count). The predicted molar refractivity (Wildman–Crippen MR) is 77.2 cm³/mol. The minimum atomic E-state index is 0.126. The minimum Gasteiger partial charge on any atom is -0.380 e. The van der Waals surface area contributed by atoms with Crippen molar-refractivity contribution in [2.75, 3.05) is 26.7 Å². The molecule has 0 bridgehead atoms. The van der Waals surface area contributed by atoms with Gasteiger partial charge in [-0.3, -0.25) is 4.90 Å². The van der Waals surface area contributed by atoms with Crippen LogP contribution in [-0.4, -0.2) is 43.3 Å². The van der Waals surface area contributed by atoms with Gasteiger partial charge >= 0.3 is 0 Å². The van der Waals surface area contributed by atoms with Gasteiger partial charge in [-0.15, -0.1) is 0 Å². The van der Waals surface area contributed by atoms with Crippen LogP contribution in [0.1, 0.15) is 24.0 Å². The fourth-order valence-corrected chi connectivity index (χ4v) is 3.73. The van der Waals surface area contributed by atoms with E-state index in [0.717, 1.165) is 32.5 Å². The van der Waals surface area contributed by atoms with Crippen LogP contribution in [0, 0.1) is 0 Å². The molecule has 104 valence electrons. The smallest absolute Gasteiger partial charge is 0.0698 e. The molecule has 1 heterocycles. The first-order chi connectivity index (χ1) is 9.27. The summed E-state index contributed by atoms with van der Waals surface area (Å²) in [5, 5.41) is 0.